The maximum absolute atomic E-state index is 5.27. The molecule has 0 aliphatic heterocycles. The summed E-state index contributed by atoms with van der Waals surface area (Å²) < 4.78 is 0. The lowest BCUT2D eigenvalue weighted by Crippen LogP contribution is -2.12. The fourth-order valence-electron chi connectivity index (χ4n) is 7.64. The standard InChI is InChI=1S/C60H48N6/c1-41-31-33-43(3)55(39-41)65-59(47-23-13-7-14-24-47)53-29-17-27-51(63-53)57(45-19-9-5-10-20-45)61-49-35-37-50(38-36-49)62-58(46-21-11-6-12-22-46)52-28-18-30-54(64-52)60(48-25-15-8-16-26-48)66-56-40-42(2)32-34-44(56)4/h5-40H,1-4H3. The molecule has 0 fully saturated rings. The van der Waals surface area contributed by atoms with Crippen LogP contribution in [0.15, 0.2) is 238 Å². The lowest BCUT2D eigenvalue weighted by molar-refractivity contribution is 1.24. The second kappa shape index (κ2) is 19.9. The van der Waals surface area contributed by atoms with Crippen LogP contribution in [0.25, 0.3) is 0 Å². The van der Waals surface area contributed by atoms with Crippen LogP contribution in [-0.2, 0) is 0 Å². The average Bonchev–Trinajstić information content (AvgIpc) is 3.37. The molecule has 0 bridgehead atoms. The molecule has 9 aromatic rings. The zero-order chi connectivity index (χ0) is 45.2. The van der Waals surface area contributed by atoms with E-state index in [1.165, 1.54) is 0 Å². The van der Waals surface area contributed by atoms with Crippen molar-refractivity contribution in [1.29, 1.82) is 0 Å². The summed E-state index contributed by atoms with van der Waals surface area (Å²) in [6, 6.07) is 73.7. The fraction of sp³-hybridized carbons (Fsp3) is 0.0667. The molecule has 0 amide bonds. The molecule has 318 valence electrons. The molecule has 6 nitrogen and oxygen atoms in total. The van der Waals surface area contributed by atoms with Gasteiger partial charge in [0.25, 0.3) is 0 Å². The molecule has 0 saturated heterocycles. The predicted molar refractivity (Wildman–Crippen MR) is 274 cm³/mol. The minimum absolute atomic E-state index is 0.735. The number of aliphatic imine (C=N–C) groups is 4. The van der Waals surface area contributed by atoms with Gasteiger partial charge in [-0.05, 0) is 111 Å². The van der Waals surface area contributed by atoms with Crippen molar-refractivity contribution in [2.75, 3.05) is 0 Å². The molecule has 0 aliphatic rings. The summed E-state index contributed by atoms with van der Waals surface area (Å²) in [5.74, 6) is 0. The summed E-state index contributed by atoms with van der Waals surface area (Å²) in [6.45, 7) is 8.35. The van der Waals surface area contributed by atoms with Crippen molar-refractivity contribution in [3.05, 3.63) is 286 Å². The van der Waals surface area contributed by atoms with E-state index in [0.717, 1.165) is 113 Å². The van der Waals surface area contributed by atoms with Gasteiger partial charge in [-0.1, -0.05) is 158 Å². The Hall–Kier alpha value is -8.48. The van der Waals surface area contributed by atoms with Gasteiger partial charge in [0, 0.05) is 22.3 Å². The molecular weight excluding hydrogens is 805 g/mol. The van der Waals surface area contributed by atoms with Crippen LogP contribution in [0.1, 0.15) is 67.3 Å². The number of hydrogen-bond donors (Lipinski definition) is 0. The van der Waals surface area contributed by atoms with Crippen LogP contribution in [0.4, 0.5) is 22.7 Å². The summed E-state index contributed by atoms with van der Waals surface area (Å²) in [4.78, 5) is 31.5. The van der Waals surface area contributed by atoms with Crippen LogP contribution in [0.3, 0.4) is 0 Å². The maximum Gasteiger partial charge on any atom is 0.0966 e. The lowest BCUT2D eigenvalue weighted by atomic mass is 10.0. The highest BCUT2D eigenvalue weighted by atomic mass is 14.9. The smallest absolute Gasteiger partial charge is 0.0966 e. The molecular formula is C60H48N6. The summed E-state index contributed by atoms with van der Waals surface area (Å²) in [7, 11) is 0. The van der Waals surface area contributed by atoms with Gasteiger partial charge in [0.05, 0.1) is 68.4 Å². The Labute approximate surface area is 387 Å². The van der Waals surface area contributed by atoms with E-state index in [4.69, 9.17) is 29.9 Å². The minimum Gasteiger partial charge on any atom is -0.246 e. The van der Waals surface area contributed by atoms with Crippen molar-refractivity contribution in [3.63, 3.8) is 0 Å². The number of nitrogens with zero attached hydrogens (tertiary/aromatic N) is 6. The Kier molecular flexibility index (Phi) is 12.9. The highest BCUT2D eigenvalue weighted by molar-refractivity contribution is 6.17. The summed E-state index contributed by atoms with van der Waals surface area (Å²) in [6.07, 6.45) is 0. The molecule has 2 heterocycles. The number of rotatable bonds is 12. The molecule has 6 heteroatoms. The van der Waals surface area contributed by atoms with Crippen LogP contribution in [0.5, 0.6) is 0 Å². The van der Waals surface area contributed by atoms with Gasteiger partial charge in [-0.2, -0.15) is 0 Å². The molecule has 0 saturated carbocycles. The van der Waals surface area contributed by atoms with E-state index in [1.54, 1.807) is 0 Å². The molecule has 0 unspecified atom stereocenters. The molecule has 0 spiro atoms. The Bertz CT molecular complexity index is 3020. The van der Waals surface area contributed by atoms with Crippen molar-refractivity contribution in [3.8, 4) is 0 Å². The number of pyridine rings is 2. The molecule has 0 aliphatic carbocycles. The first-order chi connectivity index (χ1) is 32.3. The normalized spacial score (nSPS) is 12.3. The zero-order valence-electron chi connectivity index (χ0n) is 37.5. The van der Waals surface area contributed by atoms with Gasteiger partial charge in [-0.25, -0.2) is 29.9 Å². The van der Waals surface area contributed by atoms with E-state index in [2.05, 4.69) is 113 Å². The molecule has 0 atom stereocenters. The fourth-order valence-corrected chi connectivity index (χ4v) is 7.64. The van der Waals surface area contributed by atoms with Gasteiger partial charge in [-0.3, -0.25) is 0 Å². The molecule has 9 rings (SSSR count). The molecule has 2 aromatic heterocycles. The molecule has 7 aromatic carbocycles. The zero-order valence-corrected chi connectivity index (χ0v) is 37.5. The van der Waals surface area contributed by atoms with E-state index in [-0.39, 0.29) is 0 Å². The number of benzene rings is 7. The largest absolute Gasteiger partial charge is 0.246 e. The van der Waals surface area contributed by atoms with E-state index in [1.807, 2.05) is 133 Å². The highest BCUT2D eigenvalue weighted by Crippen LogP contribution is 2.28. The quantitative estimate of drug-likeness (QED) is 0.115. The van der Waals surface area contributed by atoms with Crippen LogP contribution < -0.4 is 0 Å². The van der Waals surface area contributed by atoms with Gasteiger partial charge < -0.3 is 0 Å². The van der Waals surface area contributed by atoms with E-state index in [9.17, 15) is 0 Å². The van der Waals surface area contributed by atoms with Gasteiger partial charge >= 0.3 is 0 Å². The first kappa shape index (κ1) is 42.8. The minimum atomic E-state index is 0.735. The van der Waals surface area contributed by atoms with Gasteiger partial charge in [0.1, 0.15) is 0 Å². The lowest BCUT2D eigenvalue weighted by Gasteiger charge is -2.12. The van der Waals surface area contributed by atoms with Crippen LogP contribution in [-0.4, -0.2) is 32.8 Å². The third-order valence-corrected chi connectivity index (χ3v) is 11.2. The monoisotopic (exact) mass is 852 g/mol. The van der Waals surface area contributed by atoms with E-state index in [0.29, 0.717) is 0 Å². The summed E-state index contributed by atoms with van der Waals surface area (Å²) in [5, 5.41) is 0. The van der Waals surface area contributed by atoms with Crippen molar-refractivity contribution in [2.24, 2.45) is 20.0 Å². The first-order valence-corrected chi connectivity index (χ1v) is 22.1. The van der Waals surface area contributed by atoms with Crippen molar-refractivity contribution in [1.82, 2.24) is 9.97 Å². The number of aryl methyl sites for hydroxylation is 4. The second-order valence-electron chi connectivity index (χ2n) is 16.2. The highest BCUT2D eigenvalue weighted by Gasteiger charge is 2.17. The van der Waals surface area contributed by atoms with Gasteiger partial charge in [-0.15, -0.1) is 0 Å². The Morgan fingerprint density at radius 3 is 0.879 bits per heavy atom. The molecule has 66 heavy (non-hydrogen) atoms. The number of hydrogen-bond acceptors (Lipinski definition) is 6. The second-order valence-corrected chi connectivity index (χ2v) is 16.2. The van der Waals surface area contributed by atoms with Crippen molar-refractivity contribution < 1.29 is 0 Å². The van der Waals surface area contributed by atoms with E-state index < -0.39 is 0 Å². The Morgan fingerprint density at radius 2 is 0.576 bits per heavy atom. The topological polar surface area (TPSA) is 75.2 Å². The van der Waals surface area contributed by atoms with Crippen LogP contribution in [0, 0.1) is 27.7 Å². The average molecular weight is 853 g/mol. The third kappa shape index (κ3) is 10.1. The Balaban J connectivity index is 1.10. The van der Waals surface area contributed by atoms with Crippen molar-refractivity contribution in [2.45, 2.75) is 27.7 Å². The Morgan fingerprint density at radius 1 is 0.288 bits per heavy atom. The van der Waals surface area contributed by atoms with Crippen molar-refractivity contribution >= 4 is 45.6 Å². The third-order valence-electron chi connectivity index (χ3n) is 11.2. The van der Waals surface area contributed by atoms with Crippen LogP contribution >= 0.6 is 0 Å². The van der Waals surface area contributed by atoms with Crippen LogP contribution in [0.2, 0.25) is 0 Å². The maximum atomic E-state index is 5.27. The van der Waals surface area contributed by atoms with Gasteiger partial charge in [0.2, 0.25) is 0 Å². The summed E-state index contributed by atoms with van der Waals surface area (Å²) >= 11 is 0. The first-order valence-electron chi connectivity index (χ1n) is 22.1. The van der Waals surface area contributed by atoms with E-state index >= 15 is 0 Å². The molecule has 0 radical (unpaired) electrons. The molecule has 0 N–H and O–H groups in total. The SMILES string of the molecule is Cc1ccc(C)c(N=C(c2ccccc2)c2cccc(C(=Nc3ccc(N=C(c4ccccc4)c4cccc(C(=Nc5cc(C)ccc5C)c5ccccc5)n4)cc3)c3ccccc3)n2)c1. The summed E-state index contributed by atoms with van der Waals surface area (Å²) in [5.41, 5.74) is 17.8. The van der Waals surface area contributed by atoms with Gasteiger partial charge in [0.15, 0.2) is 0 Å². The number of aromatic nitrogens is 2. The predicted octanol–water partition coefficient (Wildman–Crippen LogP) is 14.4.